The van der Waals surface area contributed by atoms with Gasteiger partial charge in [0.15, 0.2) is 0 Å². The molecule has 1 saturated carbocycles. The SMILES string of the molecule is CC(C)(C)OC(=O)N[C@@H]1CCCC[C@H]1CC1CCCN(c2cnc(C(F)(F)F)nc2)C1. The number of nitrogens with zero attached hydrogens (tertiary/aromatic N) is 3. The second-order valence-electron chi connectivity index (χ2n) is 9.75. The molecule has 9 heteroatoms. The summed E-state index contributed by atoms with van der Waals surface area (Å²) >= 11 is 0. The van der Waals surface area contributed by atoms with Crippen molar-refractivity contribution in [3.63, 3.8) is 0 Å². The number of ether oxygens (including phenoxy) is 1. The molecule has 2 fully saturated rings. The summed E-state index contributed by atoms with van der Waals surface area (Å²) in [4.78, 5) is 21.3. The van der Waals surface area contributed by atoms with Gasteiger partial charge in [-0.2, -0.15) is 13.2 Å². The number of halogens is 3. The number of aromatic nitrogens is 2. The van der Waals surface area contributed by atoms with E-state index in [2.05, 4.69) is 20.2 Å². The molecule has 0 spiro atoms. The van der Waals surface area contributed by atoms with Crippen molar-refractivity contribution in [2.45, 2.75) is 83.5 Å². The molecule has 0 bridgehead atoms. The quantitative estimate of drug-likeness (QED) is 0.696. The molecule has 174 valence electrons. The molecule has 3 atom stereocenters. The topological polar surface area (TPSA) is 67.3 Å². The molecule has 0 aromatic carbocycles. The monoisotopic (exact) mass is 442 g/mol. The fraction of sp³-hybridized carbons (Fsp3) is 0.773. The van der Waals surface area contributed by atoms with Crippen LogP contribution in [0.5, 0.6) is 0 Å². The number of piperidine rings is 1. The van der Waals surface area contributed by atoms with E-state index in [1.165, 1.54) is 12.4 Å². The lowest BCUT2D eigenvalue weighted by Crippen LogP contribution is -2.46. The maximum absolute atomic E-state index is 12.7. The Morgan fingerprint density at radius 1 is 1.13 bits per heavy atom. The molecule has 6 nitrogen and oxygen atoms in total. The fourth-order valence-corrected chi connectivity index (χ4v) is 4.69. The number of carbonyl (C=O) groups is 1. The van der Waals surface area contributed by atoms with Gasteiger partial charge in [-0.3, -0.25) is 0 Å². The molecule has 1 aliphatic heterocycles. The lowest BCUT2D eigenvalue weighted by Gasteiger charge is -2.39. The van der Waals surface area contributed by atoms with Gasteiger partial charge in [-0.15, -0.1) is 0 Å². The molecule has 2 aliphatic rings. The van der Waals surface area contributed by atoms with Gasteiger partial charge >= 0.3 is 12.3 Å². The zero-order valence-corrected chi connectivity index (χ0v) is 18.5. The smallest absolute Gasteiger partial charge is 0.444 e. The van der Waals surface area contributed by atoms with E-state index in [-0.39, 0.29) is 12.1 Å². The Hall–Kier alpha value is -2.06. The average Bonchev–Trinajstić information content (AvgIpc) is 2.68. The number of amides is 1. The van der Waals surface area contributed by atoms with Gasteiger partial charge in [0.1, 0.15) is 5.60 Å². The van der Waals surface area contributed by atoms with Crippen molar-refractivity contribution in [3.8, 4) is 0 Å². The Labute approximate surface area is 182 Å². The van der Waals surface area contributed by atoms with Crippen LogP contribution in [0.2, 0.25) is 0 Å². The third-order valence-electron chi connectivity index (χ3n) is 6.02. The predicted octanol–water partition coefficient (Wildman–Crippen LogP) is 5.19. The molecule has 1 unspecified atom stereocenters. The molecule has 31 heavy (non-hydrogen) atoms. The summed E-state index contributed by atoms with van der Waals surface area (Å²) in [5, 5.41) is 3.08. The molecule has 1 aliphatic carbocycles. The largest absolute Gasteiger partial charge is 0.451 e. The molecule has 0 radical (unpaired) electrons. The second-order valence-corrected chi connectivity index (χ2v) is 9.75. The third-order valence-corrected chi connectivity index (χ3v) is 6.02. The van der Waals surface area contributed by atoms with E-state index >= 15 is 0 Å². The van der Waals surface area contributed by atoms with Gasteiger partial charge in [-0.1, -0.05) is 12.8 Å². The van der Waals surface area contributed by atoms with E-state index < -0.39 is 17.6 Å². The van der Waals surface area contributed by atoms with E-state index in [1.807, 2.05) is 20.8 Å². The van der Waals surface area contributed by atoms with Gasteiger partial charge in [-0.25, -0.2) is 14.8 Å². The Morgan fingerprint density at radius 2 is 1.81 bits per heavy atom. The van der Waals surface area contributed by atoms with Gasteiger partial charge < -0.3 is 15.0 Å². The summed E-state index contributed by atoms with van der Waals surface area (Å²) in [6, 6.07) is 0.105. The van der Waals surface area contributed by atoms with Crippen LogP contribution in [0, 0.1) is 11.8 Å². The first-order chi connectivity index (χ1) is 14.5. The fourth-order valence-electron chi connectivity index (χ4n) is 4.69. The summed E-state index contributed by atoms with van der Waals surface area (Å²) in [6.45, 7) is 7.12. The second kappa shape index (κ2) is 9.61. The van der Waals surface area contributed by atoms with Crippen LogP contribution < -0.4 is 10.2 Å². The summed E-state index contributed by atoms with van der Waals surface area (Å²) in [7, 11) is 0. The summed E-state index contributed by atoms with van der Waals surface area (Å²) in [6.07, 6.45) is 4.95. The highest BCUT2D eigenvalue weighted by Gasteiger charge is 2.35. The van der Waals surface area contributed by atoms with Crippen molar-refractivity contribution in [2.24, 2.45) is 11.8 Å². The molecular weight excluding hydrogens is 409 g/mol. The number of anilines is 1. The maximum atomic E-state index is 12.7. The zero-order chi connectivity index (χ0) is 22.6. The van der Waals surface area contributed by atoms with E-state index in [0.29, 0.717) is 17.5 Å². The number of nitrogens with one attached hydrogen (secondary N) is 1. The van der Waals surface area contributed by atoms with E-state index in [4.69, 9.17) is 4.74 Å². The minimum atomic E-state index is -4.53. The first-order valence-corrected chi connectivity index (χ1v) is 11.1. The number of hydrogen-bond donors (Lipinski definition) is 1. The normalized spacial score (nSPS) is 25.2. The van der Waals surface area contributed by atoms with Gasteiger partial charge in [0.05, 0.1) is 18.1 Å². The minimum Gasteiger partial charge on any atom is -0.444 e. The van der Waals surface area contributed by atoms with Crippen LogP contribution >= 0.6 is 0 Å². The lowest BCUT2D eigenvalue weighted by molar-refractivity contribution is -0.145. The van der Waals surface area contributed by atoms with Crippen molar-refractivity contribution in [2.75, 3.05) is 18.0 Å². The molecular formula is C22H33F3N4O2. The minimum absolute atomic E-state index is 0.105. The highest BCUT2D eigenvalue weighted by molar-refractivity contribution is 5.68. The first kappa shape index (κ1) is 23.6. The van der Waals surface area contributed by atoms with Crippen molar-refractivity contribution >= 4 is 11.8 Å². The van der Waals surface area contributed by atoms with Crippen molar-refractivity contribution in [3.05, 3.63) is 18.2 Å². The summed E-state index contributed by atoms with van der Waals surface area (Å²) in [5.41, 5.74) is 0.103. The van der Waals surface area contributed by atoms with Crippen LogP contribution in [0.25, 0.3) is 0 Å². The van der Waals surface area contributed by atoms with Crippen molar-refractivity contribution in [1.29, 1.82) is 0 Å². The highest BCUT2D eigenvalue weighted by atomic mass is 19.4. The Bertz CT molecular complexity index is 734. The molecule has 1 aromatic heterocycles. The number of alkyl halides is 3. The number of carbonyl (C=O) groups excluding carboxylic acids is 1. The van der Waals surface area contributed by atoms with Crippen LogP contribution in [-0.2, 0) is 10.9 Å². The maximum Gasteiger partial charge on any atom is 0.451 e. The number of rotatable bonds is 4. The van der Waals surface area contributed by atoms with Crippen LogP contribution in [0.4, 0.5) is 23.7 Å². The summed E-state index contributed by atoms with van der Waals surface area (Å²) < 4.78 is 43.6. The van der Waals surface area contributed by atoms with E-state index in [0.717, 1.165) is 58.0 Å². The van der Waals surface area contributed by atoms with Crippen LogP contribution in [0.15, 0.2) is 12.4 Å². The zero-order valence-electron chi connectivity index (χ0n) is 18.5. The lowest BCUT2D eigenvalue weighted by atomic mass is 9.77. The molecule has 3 rings (SSSR count). The predicted molar refractivity (Wildman–Crippen MR) is 112 cm³/mol. The van der Waals surface area contributed by atoms with Gasteiger partial charge in [0.25, 0.3) is 0 Å². The van der Waals surface area contributed by atoms with Crippen molar-refractivity contribution in [1.82, 2.24) is 15.3 Å². The molecule has 1 N–H and O–H groups in total. The molecule has 1 saturated heterocycles. The Morgan fingerprint density at radius 3 is 2.45 bits per heavy atom. The van der Waals surface area contributed by atoms with Crippen LogP contribution in [0.3, 0.4) is 0 Å². The molecule has 1 amide bonds. The van der Waals surface area contributed by atoms with Crippen LogP contribution in [-0.4, -0.2) is 40.8 Å². The first-order valence-electron chi connectivity index (χ1n) is 11.1. The summed E-state index contributed by atoms with van der Waals surface area (Å²) in [5.74, 6) is -0.305. The standard InChI is InChI=1S/C22H33F3N4O2/c1-21(2,3)31-20(30)28-18-9-5-4-8-16(18)11-15-7-6-10-29(14-15)17-12-26-19(27-13-17)22(23,24)25/h12-13,15-16,18H,4-11,14H2,1-3H3,(H,28,30)/t15?,16-,18+/m0/s1. The Balaban J connectivity index is 1.58. The van der Waals surface area contributed by atoms with Gasteiger partial charge in [0.2, 0.25) is 5.82 Å². The van der Waals surface area contributed by atoms with Crippen molar-refractivity contribution < 1.29 is 22.7 Å². The number of alkyl carbamates (subject to hydrolysis) is 1. The number of hydrogen-bond acceptors (Lipinski definition) is 5. The average molecular weight is 443 g/mol. The highest BCUT2D eigenvalue weighted by Crippen LogP contribution is 2.34. The molecule has 2 heterocycles. The van der Waals surface area contributed by atoms with Crippen LogP contribution in [0.1, 0.15) is 71.5 Å². The van der Waals surface area contributed by atoms with E-state index in [1.54, 1.807) is 0 Å². The van der Waals surface area contributed by atoms with Gasteiger partial charge in [0, 0.05) is 19.1 Å². The van der Waals surface area contributed by atoms with E-state index in [9.17, 15) is 18.0 Å². The molecule has 1 aromatic rings. The third kappa shape index (κ3) is 6.97. The Kier molecular flexibility index (Phi) is 7.31. The van der Waals surface area contributed by atoms with Gasteiger partial charge in [-0.05, 0) is 64.7 Å².